The van der Waals surface area contributed by atoms with Crippen molar-refractivity contribution in [3.63, 3.8) is 0 Å². The van der Waals surface area contributed by atoms with Gasteiger partial charge in [0.05, 0.1) is 0 Å². The van der Waals surface area contributed by atoms with Crippen molar-refractivity contribution < 1.29 is 0 Å². The number of nitrogens with one attached hydrogen (secondary N) is 1. The van der Waals surface area contributed by atoms with Crippen molar-refractivity contribution in [2.24, 2.45) is 0 Å². The summed E-state index contributed by atoms with van der Waals surface area (Å²) in [5.41, 5.74) is 4.65. The van der Waals surface area contributed by atoms with Crippen LogP contribution in [-0.2, 0) is 0 Å². The highest BCUT2D eigenvalue weighted by Gasteiger charge is 2.01. The minimum atomic E-state index is 0.756. The Bertz CT molecular complexity index is 546. The lowest BCUT2D eigenvalue weighted by atomic mass is 10.1. The Balaban J connectivity index is 2.02. The van der Waals surface area contributed by atoms with Crippen LogP contribution < -0.4 is 5.32 Å². The van der Waals surface area contributed by atoms with E-state index in [-0.39, 0.29) is 0 Å². The highest BCUT2D eigenvalue weighted by molar-refractivity contribution is 9.10. The Labute approximate surface area is 117 Å². The van der Waals surface area contributed by atoms with Crippen molar-refractivity contribution in [1.29, 1.82) is 0 Å². The number of halogens is 1. The van der Waals surface area contributed by atoms with E-state index in [0.717, 1.165) is 22.3 Å². The first kappa shape index (κ1) is 12.9. The summed E-state index contributed by atoms with van der Waals surface area (Å²) < 4.78 is 1.10. The van der Waals surface area contributed by atoms with Gasteiger partial charge in [0.25, 0.3) is 0 Å². The second-order valence-electron chi connectivity index (χ2n) is 4.28. The van der Waals surface area contributed by atoms with Crippen LogP contribution in [0.3, 0.4) is 0 Å². The van der Waals surface area contributed by atoms with E-state index in [4.69, 9.17) is 0 Å². The van der Waals surface area contributed by atoms with Gasteiger partial charge in [-0.15, -0.1) is 0 Å². The normalized spacial score (nSPS) is 10.1. The number of aryl methyl sites for hydroxylation is 1. The molecule has 18 heavy (non-hydrogen) atoms. The van der Waals surface area contributed by atoms with Crippen LogP contribution in [0.25, 0.3) is 5.57 Å². The van der Waals surface area contributed by atoms with Crippen LogP contribution in [0, 0.1) is 6.92 Å². The maximum Gasteiger partial charge on any atom is 0.0400 e. The third-order valence-electron chi connectivity index (χ3n) is 2.86. The molecule has 1 nitrogen and oxygen atoms in total. The van der Waals surface area contributed by atoms with E-state index >= 15 is 0 Å². The van der Waals surface area contributed by atoms with Gasteiger partial charge in [0.1, 0.15) is 0 Å². The monoisotopic (exact) mass is 301 g/mol. The number of anilines is 1. The van der Waals surface area contributed by atoms with E-state index in [0.29, 0.717) is 0 Å². The van der Waals surface area contributed by atoms with Crippen molar-refractivity contribution in [1.82, 2.24) is 0 Å². The van der Waals surface area contributed by atoms with Crippen molar-refractivity contribution >= 4 is 27.2 Å². The fraction of sp³-hybridized carbons (Fsp3) is 0.125. The van der Waals surface area contributed by atoms with E-state index in [1.54, 1.807) is 0 Å². The summed E-state index contributed by atoms with van der Waals surface area (Å²) in [6.07, 6.45) is 0. The van der Waals surface area contributed by atoms with Crippen molar-refractivity contribution in [3.8, 4) is 0 Å². The Morgan fingerprint density at radius 1 is 1.17 bits per heavy atom. The Morgan fingerprint density at radius 3 is 2.56 bits per heavy atom. The van der Waals surface area contributed by atoms with Gasteiger partial charge in [0.15, 0.2) is 0 Å². The van der Waals surface area contributed by atoms with Gasteiger partial charge in [-0.2, -0.15) is 0 Å². The molecule has 0 aliphatic carbocycles. The van der Waals surface area contributed by atoms with E-state index in [2.05, 4.69) is 59.0 Å². The fourth-order valence-corrected chi connectivity index (χ4v) is 2.28. The molecule has 0 aromatic heterocycles. The maximum atomic E-state index is 4.12. The van der Waals surface area contributed by atoms with Crippen LogP contribution in [0.5, 0.6) is 0 Å². The zero-order valence-electron chi connectivity index (χ0n) is 10.4. The van der Waals surface area contributed by atoms with E-state index in [1.807, 2.05) is 24.3 Å². The summed E-state index contributed by atoms with van der Waals surface area (Å²) in [5.74, 6) is 0. The quantitative estimate of drug-likeness (QED) is 0.848. The third-order valence-corrected chi connectivity index (χ3v) is 3.36. The molecule has 2 aromatic rings. The summed E-state index contributed by atoms with van der Waals surface area (Å²) in [5, 5.41) is 3.42. The Kier molecular flexibility index (Phi) is 4.21. The fourth-order valence-electron chi connectivity index (χ4n) is 1.80. The van der Waals surface area contributed by atoms with E-state index in [9.17, 15) is 0 Å². The first-order valence-electron chi connectivity index (χ1n) is 5.90. The molecular formula is C16H16BrN. The molecule has 0 saturated carbocycles. The molecule has 0 saturated heterocycles. The molecule has 0 amide bonds. The van der Waals surface area contributed by atoms with Gasteiger partial charge in [-0.25, -0.2) is 0 Å². The molecule has 2 heteroatoms. The third kappa shape index (κ3) is 3.23. The van der Waals surface area contributed by atoms with Crippen LogP contribution in [0.2, 0.25) is 0 Å². The molecule has 2 aromatic carbocycles. The number of hydrogen-bond acceptors (Lipinski definition) is 1. The molecule has 92 valence electrons. The summed E-state index contributed by atoms with van der Waals surface area (Å²) in [6, 6.07) is 16.5. The molecule has 0 aliphatic rings. The highest BCUT2D eigenvalue weighted by atomic mass is 79.9. The molecule has 0 spiro atoms. The molecule has 0 fully saturated rings. The molecular weight excluding hydrogens is 286 g/mol. The highest BCUT2D eigenvalue weighted by Crippen LogP contribution is 2.21. The lowest BCUT2D eigenvalue weighted by Gasteiger charge is -2.11. The molecule has 0 unspecified atom stereocenters. The predicted molar refractivity (Wildman–Crippen MR) is 82.8 cm³/mol. The maximum absolute atomic E-state index is 4.12. The zero-order valence-corrected chi connectivity index (χ0v) is 12.0. The summed E-state index contributed by atoms with van der Waals surface area (Å²) >= 11 is 3.47. The molecule has 0 aliphatic heterocycles. The smallest absolute Gasteiger partial charge is 0.0400 e. The van der Waals surface area contributed by atoms with Crippen LogP contribution in [0.15, 0.2) is 59.6 Å². The molecule has 0 radical (unpaired) electrons. The molecule has 2 rings (SSSR count). The minimum absolute atomic E-state index is 0.756. The van der Waals surface area contributed by atoms with Gasteiger partial charge in [-0.05, 0) is 41.8 Å². The van der Waals surface area contributed by atoms with Gasteiger partial charge >= 0.3 is 0 Å². The summed E-state index contributed by atoms with van der Waals surface area (Å²) in [4.78, 5) is 0. The summed E-state index contributed by atoms with van der Waals surface area (Å²) in [7, 11) is 0. The average molecular weight is 302 g/mol. The van der Waals surface area contributed by atoms with E-state index < -0.39 is 0 Å². The van der Waals surface area contributed by atoms with Crippen LogP contribution in [-0.4, -0.2) is 6.54 Å². The summed E-state index contributed by atoms with van der Waals surface area (Å²) in [6.45, 7) is 6.97. The Morgan fingerprint density at radius 2 is 1.89 bits per heavy atom. The molecule has 0 bridgehead atoms. The zero-order chi connectivity index (χ0) is 13.0. The van der Waals surface area contributed by atoms with Gasteiger partial charge < -0.3 is 5.32 Å². The van der Waals surface area contributed by atoms with Crippen molar-refractivity contribution in [3.05, 3.63) is 70.7 Å². The lowest BCUT2D eigenvalue weighted by Crippen LogP contribution is -2.04. The van der Waals surface area contributed by atoms with Crippen LogP contribution in [0.4, 0.5) is 5.69 Å². The predicted octanol–water partition coefficient (Wildman–Crippen LogP) is 4.88. The van der Waals surface area contributed by atoms with Gasteiger partial charge in [-0.3, -0.25) is 0 Å². The van der Waals surface area contributed by atoms with Crippen molar-refractivity contribution in [2.75, 3.05) is 11.9 Å². The van der Waals surface area contributed by atoms with Gasteiger partial charge in [-0.1, -0.05) is 52.8 Å². The topological polar surface area (TPSA) is 12.0 Å². The minimum Gasteiger partial charge on any atom is -0.381 e. The molecule has 0 atom stereocenters. The molecule has 0 heterocycles. The first-order valence-corrected chi connectivity index (χ1v) is 6.69. The lowest BCUT2D eigenvalue weighted by molar-refractivity contribution is 1.31. The average Bonchev–Trinajstić information content (AvgIpc) is 2.38. The van der Waals surface area contributed by atoms with Gasteiger partial charge in [0.2, 0.25) is 0 Å². The number of hydrogen-bond donors (Lipinski definition) is 1. The van der Waals surface area contributed by atoms with Crippen LogP contribution in [0.1, 0.15) is 11.1 Å². The number of rotatable bonds is 4. The Hall–Kier alpha value is -1.54. The number of benzene rings is 2. The largest absolute Gasteiger partial charge is 0.381 e. The van der Waals surface area contributed by atoms with Gasteiger partial charge in [0, 0.05) is 16.7 Å². The molecule has 1 N–H and O–H groups in total. The van der Waals surface area contributed by atoms with Crippen molar-refractivity contribution in [2.45, 2.75) is 6.92 Å². The standard InChI is InChI=1S/C16H16BrN/c1-12-10-15(17)8-9-16(12)18-11-13(2)14-6-4-3-5-7-14/h3-10,18H,2,11H2,1H3. The second-order valence-corrected chi connectivity index (χ2v) is 5.20. The second kappa shape index (κ2) is 5.87. The van der Waals surface area contributed by atoms with E-state index in [1.165, 1.54) is 11.1 Å². The first-order chi connectivity index (χ1) is 8.66. The SMILES string of the molecule is C=C(CNc1ccc(Br)cc1C)c1ccccc1. The van der Waals surface area contributed by atoms with Crippen LogP contribution >= 0.6 is 15.9 Å².